The first-order chi connectivity index (χ1) is 12.3. The van der Waals surface area contributed by atoms with E-state index in [1.165, 1.54) is 17.4 Å². The van der Waals surface area contributed by atoms with Crippen molar-refractivity contribution >= 4 is 28.6 Å². The number of thiazole rings is 1. The van der Waals surface area contributed by atoms with E-state index in [-0.39, 0.29) is 5.69 Å². The van der Waals surface area contributed by atoms with Gasteiger partial charge in [0, 0.05) is 13.1 Å². The van der Waals surface area contributed by atoms with Crippen molar-refractivity contribution in [1.82, 2.24) is 4.98 Å². The lowest BCUT2D eigenvalue weighted by atomic mass is 10.1. The van der Waals surface area contributed by atoms with E-state index in [0.717, 1.165) is 43.1 Å². The van der Waals surface area contributed by atoms with Gasteiger partial charge in [-0.25, -0.2) is 4.98 Å². The van der Waals surface area contributed by atoms with Crippen LogP contribution in [0.15, 0.2) is 18.2 Å². The fourth-order valence-corrected chi connectivity index (χ4v) is 3.94. The van der Waals surface area contributed by atoms with Gasteiger partial charge in [0.15, 0.2) is 0 Å². The highest BCUT2D eigenvalue weighted by molar-refractivity contribution is 7.13. The van der Waals surface area contributed by atoms with E-state index >= 15 is 0 Å². The highest BCUT2D eigenvalue weighted by Crippen LogP contribution is 2.37. The molecule has 1 aromatic heterocycles. The topological polar surface area (TPSA) is 45.2 Å². The highest BCUT2D eigenvalue weighted by atomic mass is 32.1. The first-order valence-electron chi connectivity index (χ1n) is 8.53. The average molecular weight is 383 g/mol. The minimum absolute atomic E-state index is 0.192. The van der Waals surface area contributed by atoms with E-state index in [9.17, 15) is 18.0 Å². The number of benzene rings is 1. The molecule has 0 spiro atoms. The maximum Gasteiger partial charge on any atom is 0.416 e. The lowest BCUT2D eigenvalue weighted by Crippen LogP contribution is -2.22. The summed E-state index contributed by atoms with van der Waals surface area (Å²) < 4.78 is 39.3. The number of carbonyl (C=O) groups excluding carboxylic acids is 1. The maximum atomic E-state index is 13.1. The van der Waals surface area contributed by atoms with Gasteiger partial charge in [0.25, 0.3) is 5.91 Å². The Kier molecular flexibility index (Phi) is 5.22. The molecule has 0 atom stereocenters. The molecule has 26 heavy (non-hydrogen) atoms. The van der Waals surface area contributed by atoms with Crippen molar-refractivity contribution in [3.05, 3.63) is 39.3 Å². The summed E-state index contributed by atoms with van der Waals surface area (Å²) in [6.45, 7) is 5.22. The Balaban J connectivity index is 1.95. The number of anilines is 2. The first-order valence-corrected chi connectivity index (χ1v) is 9.35. The normalized spacial score (nSPS) is 14.7. The second-order valence-electron chi connectivity index (χ2n) is 6.25. The number of nitrogens with one attached hydrogen (secondary N) is 1. The Morgan fingerprint density at radius 3 is 2.58 bits per heavy atom. The van der Waals surface area contributed by atoms with Crippen LogP contribution in [0.3, 0.4) is 0 Å². The first kappa shape index (κ1) is 18.7. The molecular formula is C18H20F3N3OS. The van der Waals surface area contributed by atoms with Gasteiger partial charge in [-0.05, 0) is 44.4 Å². The van der Waals surface area contributed by atoms with Crippen molar-refractivity contribution in [2.45, 2.75) is 39.3 Å². The van der Waals surface area contributed by atoms with E-state index in [0.29, 0.717) is 22.7 Å². The molecule has 1 aromatic carbocycles. The van der Waals surface area contributed by atoms with Crippen LogP contribution in [0.4, 0.5) is 24.5 Å². The summed E-state index contributed by atoms with van der Waals surface area (Å²) in [6, 6.07) is 3.53. The summed E-state index contributed by atoms with van der Waals surface area (Å²) in [5, 5.41) is 3.51. The zero-order chi connectivity index (χ0) is 18.9. The third kappa shape index (κ3) is 3.85. The van der Waals surface area contributed by atoms with Gasteiger partial charge in [0.1, 0.15) is 4.88 Å². The van der Waals surface area contributed by atoms with Gasteiger partial charge in [-0.3, -0.25) is 4.79 Å². The van der Waals surface area contributed by atoms with Crippen LogP contribution >= 0.6 is 11.3 Å². The fraction of sp³-hybridized carbons (Fsp3) is 0.444. The van der Waals surface area contributed by atoms with Gasteiger partial charge in [-0.2, -0.15) is 13.2 Å². The lowest BCUT2D eigenvalue weighted by molar-refractivity contribution is -0.137. The van der Waals surface area contributed by atoms with Gasteiger partial charge < -0.3 is 10.2 Å². The van der Waals surface area contributed by atoms with Crippen LogP contribution in [0.25, 0.3) is 0 Å². The largest absolute Gasteiger partial charge is 0.416 e. The Hall–Kier alpha value is -2.09. The Bertz CT molecular complexity index is 810. The van der Waals surface area contributed by atoms with Crippen LogP contribution < -0.4 is 10.2 Å². The number of aryl methyl sites for hydroxylation is 2. The second kappa shape index (κ2) is 7.26. The Morgan fingerprint density at radius 1 is 1.31 bits per heavy atom. The van der Waals surface area contributed by atoms with Crippen LogP contribution in [0.1, 0.15) is 45.7 Å². The maximum absolute atomic E-state index is 13.1. The van der Waals surface area contributed by atoms with Gasteiger partial charge in [-0.15, -0.1) is 11.3 Å². The fourth-order valence-electron chi connectivity index (χ4n) is 3.04. The lowest BCUT2D eigenvalue weighted by Gasteiger charge is -2.22. The molecule has 2 aromatic rings. The zero-order valence-electron chi connectivity index (χ0n) is 14.6. The molecule has 8 heteroatoms. The molecule has 3 rings (SSSR count). The Morgan fingerprint density at radius 2 is 2.00 bits per heavy atom. The monoisotopic (exact) mass is 383 g/mol. The van der Waals surface area contributed by atoms with Crippen LogP contribution in [0.2, 0.25) is 0 Å². The standard InChI is InChI=1S/C18H20F3N3OS/c1-3-15-22-11(2)16(26-15)17(25)23-13-10-12(18(19,20)21)6-7-14(13)24-8-4-5-9-24/h6-7,10H,3-5,8-9H2,1-2H3,(H,23,25). The van der Waals surface area contributed by atoms with Gasteiger partial charge >= 0.3 is 6.18 Å². The molecule has 0 saturated carbocycles. The SMILES string of the molecule is CCc1nc(C)c(C(=O)Nc2cc(C(F)(F)F)ccc2N2CCCC2)s1. The molecule has 1 N–H and O–H groups in total. The molecule has 2 heterocycles. The van der Waals surface area contributed by atoms with E-state index in [2.05, 4.69) is 10.3 Å². The minimum atomic E-state index is -4.46. The quantitative estimate of drug-likeness (QED) is 0.818. The molecule has 1 aliphatic heterocycles. The summed E-state index contributed by atoms with van der Waals surface area (Å²) in [7, 11) is 0. The van der Waals surface area contributed by atoms with Crippen molar-refractivity contribution in [2.24, 2.45) is 0 Å². The molecular weight excluding hydrogens is 363 g/mol. The molecule has 0 bridgehead atoms. The number of carbonyl (C=O) groups is 1. The van der Waals surface area contributed by atoms with Gasteiger partial charge in [0.05, 0.1) is 27.6 Å². The number of alkyl halides is 3. The van der Waals surface area contributed by atoms with Crippen molar-refractivity contribution in [3.8, 4) is 0 Å². The van der Waals surface area contributed by atoms with E-state index in [1.54, 1.807) is 6.92 Å². The second-order valence-corrected chi connectivity index (χ2v) is 7.34. The average Bonchev–Trinajstić information content (AvgIpc) is 3.23. The summed E-state index contributed by atoms with van der Waals surface area (Å²) in [5.41, 5.74) is 0.643. The number of aromatic nitrogens is 1. The molecule has 0 unspecified atom stereocenters. The summed E-state index contributed by atoms with van der Waals surface area (Å²) in [5.74, 6) is -0.417. The summed E-state index contributed by atoms with van der Waals surface area (Å²) in [4.78, 5) is 19.4. The Labute approximate surface area is 154 Å². The van der Waals surface area contributed by atoms with Gasteiger partial charge in [0.2, 0.25) is 0 Å². The van der Waals surface area contributed by atoms with Crippen LogP contribution in [-0.2, 0) is 12.6 Å². The van der Waals surface area contributed by atoms with Crippen LogP contribution in [0, 0.1) is 6.92 Å². The number of halogens is 3. The predicted octanol–water partition coefficient (Wildman–Crippen LogP) is 4.89. The smallest absolute Gasteiger partial charge is 0.370 e. The summed E-state index contributed by atoms with van der Waals surface area (Å²) in [6.07, 6.45) is -1.77. The number of hydrogen-bond donors (Lipinski definition) is 1. The predicted molar refractivity (Wildman–Crippen MR) is 97.1 cm³/mol. The van der Waals surface area contributed by atoms with E-state index in [1.807, 2.05) is 11.8 Å². The molecule has 4 nitrogen and oxygen atoms in total. The van der Waals surface area contributed by atoms with Crippen LogP contribution in [-0.4, -0.2) is 24.0 Å². The summed E-state index contributed by atoms with van der Waals surface area (Å²) >= 11 is 1.28. The van der Waals surface area contributed by atoms with E-state index < -0.39 is 17.6 Å². The van der Waals surface area contributed by atoms with Crippen molar-refractivity contribution < 1.29 is 18.0 Å². The zero-order valence-corrected chi connectivity index (χ0v) is 15.4. The number of rotatable bonds is 4. The molecule has 140 valence electrons. The molecule has 1 saturated heterocycles. The van der Waals surface area contributed by atoms with Crippen molar-refractivity contribution in [1.29, 1.82) is 0 Å². The molecule has 1 fully saturated rings. The third-order valence-corrected chi connectivity index (χ3v) is 5.67. The van der Waals surface area contributed by atoms with Gasteiger partial charge in [-0.1, -0.05) is 6.92 Å². The minimum Gasteiger partial charge on any atom is -0.370 e. The highest BCUT2D eigenvalue weighted by Gasteiger charge is 2.32. The van der Waals surface area contributed by atoms with E-state index in [4.69, 9.17) is 0 Å². The molecule has 0 aliphatic carbocycles. The van der Waals surface area contributed by atoms with Crippen molar-refractivity contribution in [2.75, 3.05) is 23.3 Å². The number of hydrogen-bond acceptors (Lipinski definition) is 4. The molecule has 0 radical (unpaired) electrons. The van der Waals surface area contributed by atoms with Crippen LogP contribution in [0.5, 0.6) is 0 Å². The number of amides is 1. The number of nitrogens with zero attached hydrogens (tertiary/aromatic N) is 2. The third-order valence-electron chi connectivity index (χ3n) is 4.37. The van der Waals surface area contributed by atoms with Crippen molar-refractivity contribution in [3.63, 3.8) is 0 Å². The molecule has 1 aliphatic rings. The molecule has 1 amide bonds.